The Morgan fingerprint density at radius 2 is 1.80 bits per heavy atom. The zero-order chi connectivity index (χ0) is 21.6. The first kappa shape index (κ1) is 21.6. The molecule has 0 aliphatic rings. The molecule has 0 bridgehead atoms. The van der Waals surface area contributed by atoms with Gasteiger partial charge in [0.1, 0.15) is 0 Å². The van der Waals surface area contributed by atoms with E-state index in [4.69, 9.17) is 0 Å². The average molecular weight is 407 g/mol. The molecule has 0 radical (unpaired) electrons. The van der Waals surface area contributed by atoms with Gasteiger partial charge in [0.05, 0.1) is 19.2 Å². The van der Waals surface area contributed by atoms with Crippen LogP contribution >= 0.6 is 0 Å². The van der Waals surface area contributed by atoms with Gasteiger partial charge in [0.2, 0.25) is 0 Å². The van der Waals surface area contributed by atoms with Gasteiger partial charge in [-0.05, 0) is 34.7 Å². The van der Waals surface area contributed by atoms with Gasteiger partial charge in [0, 0.05) is 24.6 Å². The predicted octanol–water partition coefficient (Wildman–Crippen LogP) is 4.55. The number of hydrogen-bond acceptors (Lipinski definition) is 3. The van der Waals surface area contributed by atoms with Crippen LogP contribution in [0.1, 0.15) is 38.0 Å². The lowest BCUT2D eigenvalue weighted by atomic mass is 9.95. The quantitative estimate of drug-likeness (QED) is 0.605. The minimum atomic E-state index is -0.740. The van der Waals surface area contributed by atoms with Crippen LogP contribution in [0.3, 0.4) is 0 Å². The number of benzene rings is 2. The summed E-state index contributed by atoms with van der Waals surface area (Å²) in [6, 6.07) is 18.8. The van der Waals surface area contributed by atoms with Crippen molar-refractivity contribution in [1.29, 1.82) is 0 Å². The molecular formula is C24H30N4O2. The van der Waals surface area contributed by atoms with Gasteiger partial charge < -0.3 is 15.3 Å². The van der Waals surface area contributed by atoms with Crippen molar-refractivity contribution in [2.24, 2.45) is 5.41 Å². The number of nitrogens with one attached hydrogen (secondary N) is 1. The van der Waals surface area contributed by atoms with Gasteiger partial charge in [-0.3, -0.25) is 4.68 Å². The molecule has 0 aliphatic heterocycles. The van der Waals surface area contributed by atoms with Gasteiger partial charge in [-0.1, -0.05) is 63.2 Å². The van der Waals surface area contributed by atoms with Crippen molar-refractivity contribution in [2.75, 3.05) is 18.4 Å². The molecule has 6 nitrogen and oxygen atoms in total. The molecule has 6 heteroatoms. The number of hydrogen-bond donors (Lipinski definition) is 2. The number of anilines is 1. The molecule has 3 aromatic rings. The van der Waals surface area contributed by atoms with Crippen LogP contribution in [0.4, 0.5) is 10.5 Å². The number of nitrogens with zero attached hydrogens (tertiary/aromatic N) is 3. The van der Waals surface area contributed by atoms with E-state index in [1.807, 2.05) is 71.5 Å². The van der Waals surface area contributed by atoms with E-state index in [-0.39, 0.29) is 18.0 Å². The van der Waals surface area contributed by atoms with Crippen molar-refractivity contribution in [3.05, 3.63) is 84.2 Å². The van der Waals surface area contributed by atoms with Crippen LogP contribution in [-0.2, 0) is 6.54 Å². The molecule has 158 valence electrons. The van der Waals surface area contributed by atoms with Gasteiger partial charge in [-0.2, -0.15) is 5.10 Å². The first-order valence-corrected chi connectivity index (χ1v) is 10.2. The molecule has 3 rings (SSSR count). The third-order valence-corrected chi connectivity index (χ3v) is 4.64. The van der Waals surface area contributed by atoms with Crippen molar-refractivity contribution in [1.82, 2.24) is 14.7 Å². The number of carbonyl (C=O) groups excluding carboxylic acids is 1. The zero-order valence-electron chi connectivity index (χ0n) is 17.8. The molecule has 1 aromatic heterocycles. The first-order chi connectivity index (χ1) is 14.3. The monoisotopic (exact) mass is 406 g/mol. The minimum Gasteiger partial charge on any atom is -0.387 e. The Hall–Kier alpha value is -3.12. The fourth-order valence-corrected chi connectivity index (χ4v) is 3.26. The van der Waals surface area contributed by atoms with Crippen molar-refractivity contribution >= 4 is 11.7 Å². The fourth-order valence-electron chi connectivity index (χ4n) is 3.26. The molecular weight excluding hydrogens is 376 g/mol. The first-order valence-electron chi connectivity index (χ1n) is 10.2. The van der Waals surface area contributed by atoms with E-state index >= 15 is 0 Å². The Kier molecular flexibility index (Phi) is 6.90. The summed E-state index contributed by atoms with van der Waals surface area (Å²) in [4.78, 5) is 14.7. The van der Waals surface area contributed by atoms with E-state index in [1.165, 1.54) is 0 Å². The van der Waals surface area contributed by atoms with E-state index in [0.29, 0.717) is 13.1 Å². The molecule has 0 unspecified atom stereocenters. The third kappa shape index (κ3) is 6.46. The molecule has 0 fully saturated rings. The number of rotatable bonds is 7. The summed E-state index contributed by atoms with van der Waals surface area (Å²) >= 11 is 0. The van der Waals surface area contributed by atoms with Crippen LogP contribution in [0.2, 0.25) is 0 Å². The fraction of sp³-hybridized carbons (Fsp3) is 0.333. The summed E-state index contributed by atoms with van der Waals surface area (Å²) in [5.41, 5.74) is 2.52. The summed E-state index contributed by atoms with van der Waals surface area (Å²) in [6.45, 7) is 7.66. The highest BCUT2D eigenvalue weighted by atomic mass is 16.3. The van der Waals surface area contributed by atoms with E-state index in [0.717, 1.165) is 16.8 Å². The molecule has 30 heavy (non-hydrogen) atoms. The highest BCUT2D eigenvalue weighted by molar-refractivity contribution is 5.89. The number of urea groups is 1. The maximum absolute atomic E-state index is 13.0. The van der Waals surface area contributed by atoms with Crippen molar-refractivity contribution < 1.29 is 9.90 Å². The second-order valence-electron chi connectivity index (χ2n) is 8.70. The summed E-state index contributed by atoms with van der Waals surface area (Å²) in [5.74, 6) is 0. The van der Waals surface area contributed by atoms with Crippen molar-refractivity contribution in [3.63, 3.8) is 0 Å². The molecule has 2 amide bonds. The smallest absolute Gasteiger partial charge is 0.321 e. The van der Waals surface area contributed by atoms with Crippen LogP contribution in [0.25, 0.3) is 0 Å². The maximum Gasteiger partial charge on any atom is 0.321 e. The summed E-state index contributed by atoms with van der Waals surface area (Å²) in [6.07, 6.45) is 2.93. The Morgan fingerprint density at radius 1 is 1.10 bits per heavy atom. The average Bonchev–Trinajstić information content (AvgIpc) is 3.21. The molecule has 1 atom stereocenters. The summed E-state index contributed by atoms with van der Waals surface area (Å²) < 4.78 is 1.85. The van der Waals surface area contributed by atoms with Gasteiger partial charge in [0.25, 0.3) is 0 Å². The highest BCUT2D eigenvalue weighted by Crippen LogP contribution is 2.21. The largest absolute Gasteiger partial charge is 0.387 e. The maximum atomic E-state index is 13.0. The van der Waals surface area contributed by atoms with E-state index < -0.39 is 6.10 Å². The number of amides is 2. The van der Waals surface area contributed by atoms with Crippen LogP contribution in [-0.4, -0.2) is 38.9 Å². The molecule has 0 saturated heterocycles. The van der Waals surface area contributed by atoms with Crippen molar-refractivity contribution in [2.45, 2.75) is 33.4 Å². The minimum absolute atomic E-state index is 0.0959. The Balaban J connectivity index is 1.66. The molecule has 0 spiro atoms. The Morgan fingerprint density at radius 3 is 2.40 bits per heavy atom. The number of carbonyl (C=O) groups is 1. The van der Waals surface area contributed by atoms with Gasteiger partial charge in [-0.25, -0.2) is 4.79 Å². The third-order valence-electron chi connectivity index (χ3n) is 4.64. The lowest BCUT2D eigenvalue weighted by Gasteiger charge is -2.31. The predicted molar refractivity (Wildman–Crippen MR) is 119 cm³/mol. The number of aromatic nitrogens is 2. The van der Waals surface area contributed by atoms with Crippen LogP contribution in [0.5, 0.6) is 0 Å². The van der Waals surface area contributed by atoms with Gasteiger partial charge in [-0.15, -0.1) is 0 Å². The van der Waals surface area contributed by atoms with E-state index in [2.05, 4.69) is 31.2 Å². The Labute approximate surface area is 178 Å². The second kappa shape index (κ2) is 9.59. The van der Waals surface area contributed by atoms with E-state index in [1.54, 1.807) is 11.1 Å². The highest BCUT2D eigenvalue weighted by Gasteiger charge is 2.24. The number of aliphatic hydroxyl groups is 1. The van der Waals surface area contributed by atoms with Gasteiger partial charge >= 0.3 is 6.03 Å². The van der Waals surface area contributed by atoms with Gasteiger partial charge in [0.15, 0.2) is 0 Å². The molecule has 2 N–H and O–H groups in total. The lowest BCUT2D eigenvalue weighted by molar-refractivity contribution is 0.110. The van der Waals surface area contributed by atoms with Crippen LogP contribution in [0.15, 0.2) is 73.1 Å². The number of aliphatic hydroxyl groups excluding tert-OH is 1. The normalized spacial score (nSPS) is 12.4. The SMILES string of the molecule is CC(C)(C)CN(C[C@H](O)c1ccccc1)C(=O)Nc1ccc(Cn2cccn2)cc1. The van der Waals surface area contributed by atoms with E-state index in [9.17, 15) is 9.90 Å². The van der Waals surface area contributed by atoms with Crippen molar-refractivity contribution in [3.8, 4) is 0 Å². The Bertz CT molecular complexity index is 916. The van der Waals surface area contributed by atoms with Crippen LogP contribution in [0, 0.1) is 5.41 Å². The summed E-state index contributed by atoms with van der Waals surface area (Å²) in [5, 5.41) is 17.8. The molecule has 0 aliphatic carbocycles. The molecule has 0 saturated carbocycles. The lowest BCUT2D eigenvalue weighted by Crippen LogP contribution is -2.42. The molecule has 2 aromatic carbocycles. The molecule has 1 heterocycles. The standard InChI is InChI=1S/C24H30N4O2/c1-24(2,3)18-27(17-22(29)20-8-5-4-6-9-20)23(30)26-21-12-10-19(11-13-21)16-28-15-7-14-25-28/h4-15,22,29H,16-18H2,1-3H3,(H,26,30)/t22-/m0/s1. The topological polar surface area (TPSA) is 70.4 Å². The van der Waals surface area contributed by atoms with Crippen LogP contribution < -0.4 is 5.32 Å². The summed E-state index contributed by atoms with van der Waals surface area (Å²) in [7, 11) is 0. The second-order valence-corrected chi connectivity index (χ2v) is 8.70. The zero-order valence-corrected chi connectivity index (χ0v) is 17.8.